The molecule has 8 heteroatoms. The quantitative estimate of drug-likeness (QED) is 0.328. The van der Waals surface area contributed by atoms with Crippen molar-refractivity contribution < 1.29 is 33.6 Å². The van der Waals surface area contributed by atoms with E-state index in [2.05, 4.69) is 0 Å². The van der Waals surface area contributed by atoms with Crippen molar-refractivity contribution in [2.24, 2.45) is 0 Å². The Labute approximate surface area is 182 Å². The fourth-order valence-corrected chi connectivity index (χ4v) is 2.88. The number of nitrogens with zero attached hydrogens (tertiary/aromatic N) is 1. The minimum atomic E-state index is -1.50. The molecule has 0 fully saturated rings. The molecule has 0 spiro atoms. The highest BCUT2D eigenvalue weighted by atomic mass is 16.7. The standard InChI is InChI=1S/C23H31NO7/c1-14-12-17(29-7)19-20(15(14)2)24-16(8-9-18(25)23(3,4)26)21(30-11-10-27-5)22(19)31-13-28-6/h8-9,12,26H,10-11,13H2,1-7H3. The molecule has 0 radical (unpaired) electrons. The van der Waals surface area contributed by atoms with Gasteiger partial charge >= 0.3 is 0 Å². The van der Waals surface area contributed by atoms with E-state index in [9.17, 15) is 9.90 Å². The average Bonchev–Trinajstić information content (AvgIpc) is 2.72. The molecule has 0 saturated heterocycles. The van der Waals surface area contributed by atoms with Gasteiger partial charge in [0, 0.05) is 14.2 Å². The van der Waals surface area contributed by atoms with Crippen molar-refractivity contribution in [1.82, 2.24) is 4.98 Å². The van der Waals surface area contributed by atoms with Crippen molar-refractivity contribution >= 4 is 22.8 Å². The largest absolute Gasteiger partial charge is 0.496 e. The lowest BCUT2D eigenvalue weighted by Gasteiger charge is -2.20. The topological polar surface area (TPSA) is 96.3 Å². The molecule has 0 saturated carbocycles. The molecule has 170 valence electrons. The number of hydrogen-bond donors (Lipinski definition) is 1. The molecule has 0 amide bonds. The number of rotatable bonds is 11. The third-order valence-electron chi connectivity index (χ3n) is 4.75. The highest BCUT2D eigenvalue weighted by molar-refractivity contribution is 6.01. The number of ether oxygens (including phenoxy) is 5. The number of fused-ring (bicyclic) bond motifs is 1. The Bertz CT molecular complexity index is 961. The van der Waals surface area contributed by atoms with Crippen LogP contribution in [0.2, 0.25) is 0 Å². The molecule has 2 aromatic rings. The Morgan fingerprint density at radius 1 is 1.10 bits per heavy atom. The third kappa shape index (κ3) is 5.72. The van der Waals surface area contributed by atoms with E-state index in [0.717, 1.165) is 11.1 Å². The number of aromatic nitrogens is 1. The predicted molar refractivity (Wildman–Crippen MR) is 118 cm³/mol. The number of methoxy groups -OCH3 is 3. The monoisotopic (exact) mass is 433 g/mol. The molecule has 0 atom stereocenters. The number of carbonyl (C=O) groups is 1. The van der Waals surface area contributed by atoms with Crippen LogP contribution in [-0.2, 0) is 14.3 Å². The van der Waals surface area contributed by atoms with E-state index in [1.807, 2.05) is 19.9 Å². The highest BCUT2D eigenvalue weighted by Crippen LogP contribution is 2.44. The molecule has 8 nitrogen and oxygen atoms in total. The first kappa shape index (κ1) is 24.6. The van der Waals surface area contributed by atoms with Gasteiger partial charge in [0.05, 0.1) is 24.6 Å². The summed E-state index contributed by atoms with van der Waals surface area (Å²) in [5, 5.41) is 10.6. The lowest BCUT2D eigenvalue weighted by molar-refractivity contribution is -0.128. The molecular weight excluding hydrogens is 402 g/mol. The summed E-state index contributed by atoms with van der Waals surface area (Å²) >= 11 is 0. The van der Waals surface area contributed by atoms with Gasteiger partial charge in [-0.05, 0) is 57.0 Å². The summed E-state index contributed by atoms with van der Waals surface area (Å²) in [6.45, 7) is 7.32. The van der Waals surface area contributed by atoms with Crippen LogP contribution >= 0.6 is 0 Å². The van der Waals surface area contributed by atoms with Crippen LogP contribution in [0, 0.1) is 13.8 Å². The van der Waals surface area contributed by atoms with Crippen molar-refractivity contribution in [3.63, 3.8) is 0 Å². The van der Waals surface area contributed by atoms with Crippen LogP contribution in [0.25, 0.3) is 17.0 Å². The number of carbonyl (C=O) groups excluding carboxylic acids is 1. The predicted octanol–water partition coefficient (Wildman–Crippen LogP) is 3.22. The normalized spacial score (nSPS) is 11.9. The van der Waals surface area contributed by atoms with Gasteiger partial charge in [-0.1, -0.05) is 0 Å². The molecule has 0 aliphatic carbocycles. The van der Waals surface area contributed by atoms with Crippen LogP contribution in [0.15, 0.2) is 12.1 Å². The summed E-state index contributed by atoms with van der Waals surface area (Å²) in [5.41, 5.74) is 1.45. The van der Waals surface area contributed by atoms with Gasteiger partial charge < -0.3 is 28.8 Å². The lowest BCUT2D eigenvalue weighted by Crippen LogP contribution is -2.29. The maximum atomic E-state index is 12.3. The molecule has 31 heavy (non-hydrogen) atoms. The molecule has 1 N–H and O–H groups in total. The molecule has 0 unspecified atom stereocenters. The van der Waals surface area contributed by atoms with Gasteiger partial charge in [0.1, 0.15) is 23.7 Å². The Kier molecular flexibility index (Phi) is 8.38. The van der Waals surface area contributed by atoms with E-state index in [1.54, 1.807) is 14.2 Å². The molecule has 1 aromatic heterocycles. The second-order valence-corrected chi connectivity index (χ2v) is 7.55. The smallest absolute Gasteiger partial charge is 0.188 e. The minimum absolute atomic E-state index is 0.0262. The second kappa shape index (κ2) is 10.6. The van der Waals surface area contributed by atoms with Crippen LogP contribution in [0.3, 0.4) is 0 Å². The molecule has 1 heterocycles. The molecule has 0 bridgehead atoms. The molecule has 0 aliphatic rings. The molecule has 0 aliphatic heterocycles. The van der Waals surface area contributed by atoms with Crippen LogP contribution in [0.5, 0.6) is 17.2 Å². The third-order valence-corrected chi connectivity index (χ3v) is 4.75. The van der Waals surface area contributed by atoms with Crippen LogP contribution in [0.4, 0.5) is 0 Å². The van der Waals surface area contributed by atoms with Gasteiger partial charge in [-0.3, -0.25) is 4.79 Å². The van der Waals surface area contributed by atoms with Crippen LogP contribution in [-0.4, -0.2) is 62.8 Å². The first-order valence-electron chi connectivity index (χ1n) is 9.85. The average molecular weight is 434 g/mol. The van der Waals surface area contributed by atoms with Gasteiger partial charge in [0.2, 0.25) is 0 Å². The molecule has 2 rings (SSSR count). The van der Waals surface area contributed by atoms with E-state index in [1.165, 1.54) is 33.1 Å². The Balaban J connectivity index is 2.82. The zero-order valence-corrected chi connectivity index (χ0v) is 19.2. The van der Waals surface area contributed by atoms with Gasteiger partial charge in [-0.15, -0.1) is 0 Å². The summed E-state index contributed by atoms with van der Waals surface area (Å²) in [7, 11) is 4.66. The van der Waals surface area contributed by atoms with Gasteiger partial charge in [-0.2, -0.15) is 0 Å². The van der Waals surface area contributed by atoms with Gasteiger partial charge in [0.15, 0.2) is 24.1 Å². The number of pyridine rings is 1. The van der Waals surface area contributed by atoms with Crippen molar-refractivity contribution in [1.29, 1.82) is 0 Å². The van der Waals surface area contributed by atoms with Crippen molar-refractivity contribution in [3.8, 4) is 17.2 Å². The van der Waals surface area contributed by atoms with Crippen LogP contribution in [0.1, 0.15) is 30.7 Å². The number of hydrogen-bond acceptors (Lipinski definition) is 8. The molecular formula is C23H31NO7. The summed E-state index contributed by atoms with van der Waals surface area (Å²) in [6.07, 6.45) is 2.79. The first-order chi connectivity index (χ1) is 14.6. The Morgan fingerprint density at radius 3 is 2.39 bits per heavy atom. The summed E-state index contributed by atoms with van der Waals surface area (Å²) in [4.78, 5) is 17.0. The van der Waals surface area contributed by atoms with Gasteiger partial charge in [0.25, 0.3) is 0 Å². The Hall–Kier alpha value is -2.68. The van der Waals surface area contributed by atoms with Crippen molar-refractivity contribution in [2.45, 2.75) is 33.3 Å². The zero-order valence-electron chi connectivity index (χ0n) is 19.2. The van der Waals surface area contributed by atoms with E-state index < -0.39 is 11.4 Å². The lowest BCUT2D eigenvalue weighted by atomic mass is 10.0. The van der Waals surface area contributed by atoms with Crippen LogP contribution < -0.4 is 14.2 Å². The van der Waals surface area contributed by atoms with E-state index >= 15 is 0 Å². The SMILES string of the molecule is COCCOc1c(C=CC(=O)C(C)(C)O)nc2c(C)c(C)cc(OC)c2c1OCOC. The minimum Gasteiger partial charge on any atom is -0.496 e. The number of aryl methyl sites for hydroxylation is 2. The van der Waals surface area contributed by atoms with E-state index in [0.29, 0.717) is 40.5 Å². The number of ketones is 1. The summed E-state index contributed by atoms with van der Waals surface area (Å²) in [5.74, 6) is 0.827. The number of benzene rings is 1. The second-order valence-electron chi connectivity index (χ2n) is 7.55. The van der Waals surface area contributed by atoms with Crippen molar-refractivity contribution in [2.75, 3.05) is 41.3 Å². The fraction of sp³-hybridized carbons (Fsp3) is 0.478. The number of aliphatic hydroxyl groups is 1. The maximum absolute atomic E-state index is 12.3. The summed E-state index contributed by atoms with van der Waals surface area (Å²) in [6, 6.07) is 1.91. The zero-order chi connectivity index (χ0) is 23.2. The van der Waals surface area contributed by atoms with E-state index in [-0.39, 0.29) is 13.4 Å². The van der Waals surface area contributed by atoms with Gasteiger partial charge in [-0.25, -0.2) is 4.98 Å². The highest BCUT2D eigenvalue weighted by Gasteiger charge is 2.24. The van der Waals surface area contributed by atoms with Crippen molar-refractivity contribution in [3.05, 3.63) is 29.0 Å². The Morgan fingerprint density at radius 2 is 1.81 bits per heavy atom. The fourth-order valence-electron chi connectivity index (χ4n) is 2.88. The molecule has 1 aromatic carbocycles. The van der Waals surface area contributed by atoms with E-state index in [4.69, 9.17) is 28.7 Å². The first-order valence-corrected chi connectivity index (χ1v) is 9.85. The maximum Gasteiger partial charge on any atom is 0.188 e. The summed E-state index contributed by atoms with van der Waals surface area (Å²) < 4.78 is 27.7.